The average Bonchev–Trinajstić information content (AvgIpc) is 2.93. The summed E-state index contributed by atoms with van der Waals surface area (Å²) in [6, 6.07) is 12.3. The molecule has 27 heavy (non-hydrogen) atoms. The van der Waals surface area contributed by atoms with Gasteiger partial charge in [0.05, 0.1) is 11.5 Å². The molecule has 1 saturated heterocycles. The Labute approximate surface area is 162 Å². The van der Waals surface area contributed by atoms with E-state index in [9.17, 15) is 18.0 Å². The van der Waals surface area contributed by atoms with Crippen molar-refractivity contribution in [2.24, 2.45) is 0 Å². The van der Waals surface area contributed by atoms with Crippen LogP contribution in [-0.2, 0) is 9.84 Å². The second-order valence-corrected chi connectivity index (χ2v) is 8.91. The third kappa shape index (κ3) is 5.45. The van der Waals surface area contributed by atoms with E-state index >= 15 is 0 Å². The first-order chi connectivity index (χ1) is 12.8. The second-order valence-electron chi connectivity index (χ2n) is 6.24. The summed E-state index contributed by atoms with van der Waals surface area (Å²) in [5, 5.41) is 8.52. The molecule has 0 aromatic heterocycles. The van der Waals surface area contributed by atoms with Crippen LogP contribution in [0.4, 0.5) is 16.2 Å². The molecular weight excluding hydrogens is 390 g/mol. The van der Waals surface area contributed by atoms with Crippen molar-refractivity contribution < 1.29 is 18.0 Å². The van der Waals surface area contributed by atoms with Gasteiger partial charge in [-0.25, -0.2) is 13.2 Å². The number of amides is 3. The number of urea groups is 1. The van der Waals surface area contributed by atoms with Gasteiger partial charge in [0, 0.05) is 28.0 Å². The molecule has 0 bridgehead atoms. The average molecular weight is 408 g/mol. The van der Waals surface area contributed by atoms with Gasteiger partial charge in [0.25, 0.3) is 5.91 Å². The van der Waals surface area contributed by atoms with Crippen LogP contribution in [0.1, 0.15) is 16.8 Å². The number of nitrogens with one attached hydrogen (secondary N) is 3. The fourth-order valence-corrected chi connectivity index (χ4v) is 4.60. The zero-order valence-corrected chi connectivity index (χ0v) is 15.8. The number of carbonyl (C=O) groups excluding carboxylic acids is 2. The van der Waals surface area contributed by atoms with Crippen LogP contribution < -0.4 is 16.0 Å². The number of carbonyl (C=O) groups is 2. The predicted octanol–water partition coefficient (Wildman–Crippen LogP) is 2.90. The van der Waals surface area contributed by atoms with Crippen LogP contribution >= 0.6 is 11.6 Å². The molecule has 0 saturated carbocycles. The van der Waals surface area contributed by atoms with Gasteiger partial charge in [-0.1, -0.05) is 17.7 Å². The third-order valence-corrected chi connectivity index (χ3v) is 6.06. The lowest BCUT2D eigenvalue weighted by Gasteiger charge is -2.12. The number of benzene rings is 2. The molecule has 3 N–H and O–H groups in total. The number of rotatable bonds is 4. The molecule has 1 fully saturated rings. The van der Waals surface area contributed by atoms with Gasteiger partial charge in [-0.2, -0.15) is 0 Å². The van der Waals surface area contributed by atoms with E-state index < -0.39 is 15.9 Å². The number of hydrogen-bond donors (Lipinski definition) is 3. The molecule has 0 aliphatic carbocycles. The van der Waals surface area contributed by atoms with Crippen molar-refractivity contribution in [3.63, 3.8) is 0 Å². The number of anilines is 2. The van der Waals surface area contributed by atoms with Crippen molar-refractivity contribution in [1.82, 2.24) is 5.32 Å². The lowest BCUT2D eigenvalue weighted by Crippen LogP contribution is -2.38. The van der Waals surface area contributed by atoms with Crippen LogP contribution in [0.15, 0.2) is 48.5 Å². The minimum absolute atomic E-state index is 0.0387. The number of halogens is 1. The summed E-state index contributed by atoms with van der Waals surface area (Å²) in [4.78, 5) is 24.2. The number of hydrogen-bond acceptors (Lipinski definition) is 4. The fourth-order valence-electron chi connectivity index (χ4n) is 2.74. The molecule has 3 rings (SSSR count). The van der Waals surface area contributed by atoms with Gasteiger partial charge in [0.2, 0.25) is 0 Å². The molecule has 7 nitrogen and oxygen atoms in total. The molecule has 1 heterocycles. The summed E-state index contributed by atoms with van der Waals surface area (Å²) in [6.45, 7) is 0. The summed E-state index contributed by atoms with van der Waals surface area (Å²) >= 11 is 5.89. The summed E-state index contributed by atoms with van der Waals surface area (Å²) in [6.07, 6.45) is 0.415. The van der Waals surface area contributed by atoms with Crippen molar-refractivity contribution in [2.75, 3.05) is 22.1 Å². The second kappa shape index (κ2) is 7.98. The molecule has 3 amide bonds. The van der Waals surface area contributed by atoms with Crippen LogP contribution in [0.25, 0.3) is 0 Å². The zero-order chi connectivity index (χ0) is 19.4. The van der Waals surface area contributed by atoms with E-state index in [0.717, 1.165) is 0 Å². The maximum Gasteiger partial charge on any atom is 0.319 e. The monoisotopic (exact) mass is 407 g/mol. The third-order valence-electron chi connectivity index (χ3n) is 4.06. The summed E-state index contributed by atoms with van der Waals surface area (Å²) in [7, 11) is -3.05. The minimum Gasteiger partial charge on any atom is -0.334 e. The molecule has 0 unspecified atom stereocenters. The lowest BCUT2D eigenvalue weighted by atomic mass is 10.2. The molecule has 9 heteroatoms. The maximum atomic E-state index is 12.2. The number of sulfone groups is 1. The Balaban J connectivity index is 1.55. The Kier molecular flexibility index (Phi) is 5.67. The molecule has 142 valence electrons. The molecule has 1 aliphatic heterocycles. The van der Waals surface area contributed by atoms with E-state index in [1.54, 1.807) is 48.5 Å². The maximum absolute atomic E-state index is 12.2. The van der Waals surface area contributed by atoms with Crippen LogP contribution in [-0.4, -0.2) is 37.9 Å². The minimum atomic E-state index is -3.05. The molecule has 2 aromatic carbocycles. The van der Waals surface area contributed by atoms with Crippen molar-refractivity contribution in [3.05, 3.63) is 59.1 Å². The Morgan fingerprint density at radius 2 is 1.74 bits per heavy atom. The molecule has 1 atom stereocenters. The van der Waals surface area contributed by atoms with Crippen molar-refractivity contribution in [2.45, 2.75) is 12.5 Å². The highest BCUT2D eigenvalue weighted by Gasteiger charge is 2.28. The Hall–Kier alpha value is -2.58. The van der Waals surface area contributed by atoms with Crippen molar-refractivity contribution in [3.8, 4) is 0 Å². The Morgan fingerprint density at radius 3 is 2.37 bits per heavy atom. The topological polar surface area (TPSA) is 104 Å². The first-order valence-electron chi connectivity index (χ1n) is 8.26. The molecule has 2 aromatic rings. The standard InChI is InChI=1S/C18H18ClN3O4S/c19-13-2-1-3-15(10-13)20-17(23)12-4-6-14(7-5-12)21-18(24)22-16-8-9-27(25,26)11-16/h1-7,10,16H,8-9,11H2,(H,20,23)(H2,21,22,24)/t16-/m1/s1. The van der Waals surface area contributed by atoms with E-state index in [4.69, 9.17) is 11.6 Å². The lowest BCUT2D eigenvalue weighted by molar-refractivity contribution is 0.102. The molecule has 0 spiro atoms. The van der Waals surface area contributed by atoms with Crippen molar-refractivity contribution in [1.29, 1.82) is 0 Å². The van der Waals surface area contributed by atoms with Crippen LogP contribution in [0.5, 0.6) is 0 Å². The van der Waals surface area contributed by atoms with Gasteiger partial charge in [-0.3, -0.25) is 4.79 Å². The van der Waals surface area contributed by atoms with Crippen LogP contribution in [0.2, 0.25) is 5.02 Å². The SMILES string of the molecule is O=C(Nc1ccc(C(=O)Nc2cccc(Cl)c2)cc1)N[C@@H]1CCS(=O)(=O)C1. The van der Waals surface area contributed by atoms with Crippen LogP contribution in [0, 0.1) is 0 Å². The largest absolute Gasteiger partial charge is 0.334 e. The van der Waals surface area contributed by atoms with E-state index in [1.165, 1.54) is 0 Å². The normalized spacial score (nSPS) is 17.9. The smallest absolute Gasteiger partial charge is 0.319 e. The van der Waals surface area contributed by atoms with Gasteiger partial charge in [-0.05, 0) is 48.9 Å². The van der Waals surface area contributed by atoms with Gasteiger partial charge in [0.1, 0.15) is 0 Å². The van der Waals surface area contributed by atoms with E-state index in [2.05, 4.69) is 16.0 Å². The van der Waals surface area contributed by atoms with Crippen LogP contribution in [0.3, 0.4) is 0 Å². The summed E-state index contributed by atoms with van der Waals surface area (Å²) in [5.41, 5.74) is 1.50. The molecule has 1 aliphatic rings. The zero-order valence-electron chi connectivity index (χ0n) is 14.2. The highest BCUT2D eigenvalue weighted by atomic mass is 35.5. The van der Waals surface area contributed by atoms with E-state index in [0.29, 0.717) is 28.4 Å². The molecular formula is C18H18ClN3O4S. The Bertz CT molecular complexity index is 961. The van der Waals surface area contributed by atoms with E-state index in [-0.39, 0.29) is 23.5 Å². The van der Waals surface area contributed by atoms with Gasteiger partial charge < -0.3 is 16.0 Å². The fraction of sp³-hybridized carbons (Fsp3) is 0.222. The van der Waals surface area contributed by atoms with E-state index in [1.807, 2.05) is 0 Å². The van der Waals surface area contributed by atoms with Gasteiger partial charge >= 0.3 is 6.03 Å². The summed E-state index contributed by atoms with van der Waals surface area (Å²) in [5.74, 6) is -0.248. The van der Waals surface area contributed by atoms with Gasteiger partial charge in [-0.15, -0.1) is 0 Å². The van der Waals surface area contributed by atoms with Gasteiger partial charge in [0.15, 0.2) is 9.84 Å². The summed E-state index contributed by atoms with van der Waals surface area (Å²) < 4.78 is 22.8. The van der Waals surface area contributed by atoms with Crippen molar-refractivity contribution >= 4 is 44.8 Å². The highest BCUT2D eigenvalue weighted by Crippen LogP contribution is 2.17. The first kappa shape index (κ1) is 19.2. The first-order valence-corrected chi connectivity index (χ1v) is 10.5. The Morgan fingerprint density at radius 1 is 1.00 bits per heavy atom. The quantitative estimate of drug-likeness (QED) is 0.724. The highest BCUT2D eigenvalue weighted by molar-refractivity contribution is 7.91. The predicted molar refractivity (Wildman–Crippen MR) is 105 cm³/mol. The molecule has 0 radical (unpaired) electrons.